The second kappa shape index (κ2) is 13.4. The zero-order valence-electron chi connectivity index (χ0n) is 27.4. The van der Waals surface area contributed by atoms with E-state index in [4.69, 9.17) is 10.6 Å². The van der Waals surface area contributed by atoms with Gasteiger partial charge in [0.1, 0.15) is 41.6 Å². The highest BCUT2D eigenvalue weighted by Crippen LogP contribution is 2.42. The van der Waals surface area contributed by atoms with E-state index < -0.39 is 70.5 Å². The number of carboxylic acid groups (broad SMARTS) is 2. The van der Waals surface area contributed by atoms with Crippen LogP contribution in [0.15, 0.2) is 33.6 Å². The molecule has 0 saturated carbocycles. The molecular weight excluding hydrogens is 713 g/mol. The summed E-state index contributed by atoms with van der Waals surface area (Å²) in [5.74, 6) is -6.20. The zero-order valence-corrected chi connectivity index (χ0v) is 29.1. The quantitative estimate of drug-likeness (QED) is 0.0606. The summed E-state index contributed by atoms with van der Waals surface area (Å²) in [5, 5.41) is 37.5. The number of amides is 3. The van der Waals surface area contributed by atoms with E-state index in [1.54, 1.807) is 4.90 Å². The van der Waals surface area contributed by atoms with Crippen molar-refractivity contribution in [1.29, 1.82) is 0 Å². The largest absolute Gasteiger partial charge is 0.478 e. The van der Waals surface area contributed by atoms with Gasteiger partial charge in [-0.15, -0.1) is 23.1 Å². The van der Waals surface area contributed by atoms with Crippen LogP contribution in [0.2, 0.25) is 0 Å². The number of Topliss-reactive ketones (excluding diaryl/α,β-unsaturated/α-hetero) is 1. The maximum atomic E-state index is 13.5. The number of β-lactam (4-membered cyclic amide) rings is 1. The summed E-state index contributed by atoms with van der Waals surface area (Å²) in [6, 6.07) is -1.31. The Bertz CT molecular complexity index is 1830. The number of quaternary nitrogens is 1. The van der Waals surface area contributed by atoms with Gasteiger partial charge in [0.15, 0.2) is 10.8 Å². The lowest BCUT2D eigenvalue weighted by atomic mass is 9.99. The SMILES string of the molecule is CC(C)(O/N=C(\C(=O)N[C@@H]1C(=O)N2C(C(=O)O)=C(C[N+]34CCC(CC3)N(C(=O)C3=CC(=O)C(=O)CN3O)CC4)CS[C@H]12)c1csc(N)n1)C(=O)O. The molecule has 1 aromatic heterocycles. The molecule has 4 fully saturated rings. The Morgan fingerprint density at radius 3 is 2.49 bits per heavy atom. The van der Waals surface area contributed by atoms with Crippen molar-refractivity contribution in [1.82, 2.24) is 25.2 Å². The summed E-state index contributed by atoms with van der Waals surface area (Å²) in [5.41, 5.74) is 3.60. The summed E-state index contributed by atoms with van der Waals surface area (Å²) >= 11 is 2.29. The Morgan fingerprint density at radius 1 is 1.16 bits per heavy atom. The number of aromatic nitrogens is 1. The van der Waals surface area contributed by atoms with Crippen LogP contribution in [0.5, 0.6) is 0 Å². The number of nitrogens with two attached hydrogens (primary N) is 1. The van der Waals surface area contributed by atoms with E-state index in [0.717, 1.165) is 22.3 Å². The Hall–Kier alpha value is -4.86. The van der Waals surface area contributed by atoms with Crippen molar-refractivity contribution >= 4 is 75.2 Å². The number of aliphatic carboxylic acids is 2. The van der Waals surface area contributed by atoms with Crippen molar-refractivity contribution in [3.8, 4) is 0 Å². The number of oxime groups is 1. The lowest BCUT2D eigenvalue weighted by Crippen LogP contribution is -2.71. The van der Waals surface area contributed by atoms with Gasteiger partial charge in [-0.3, -0.25) is 34.1 Å². The van der Waals surface area contributed by atoms with Crippen molar-refractivity contribution in [2.45, 2.75) is 49.7 Å². The average molecular weight is 748 g/mol. The third kappa shape index (κ3) is 6.68. The highest BCUT2D eigenvalue weighted by atomic mass is 32.2. The molecule has 6 aliphatic rings. The molecule has 0 unspecified atom stereocenters. The molecule has 2 atom stereocenters. The second-order valence-corrected chi connectivity index (χ2v) is 15.3. The Balaban J connectivity index is 1.17. The molecule has 1 aromatic rings. The van der Waals surface area contributed by atoms with Crippen LogP contribution in [0, 0.1) is 0 Å². The van der Waals surface area contributed by atoms with E-state index in [1.165, 1.54) is 31.0 Å². The minimum Gasteiger partial charge on any atom is -0.478 e. The monoisotopic (exact) mass is 747 g/mol. The van der Waals surface area contributed by atoms with Crippen molar-refractivity contribution in [3.05, 3.63) is 34.1 Å². The fourth-order valence-electron chi connectivity index (χ4n) is 6.76. The number of hydrogen-bond donors (Lipinski definition) is 5. The van der Waals surface area contributed by atoms with Gasteiger partial charge in [0.25, 0.3) is 17.7 Å². The second-order valence-electron chi connectivity index (χ2n) is 13.3. The normalized spacial score (nSPS) is 26.7. The maximum absolute atomic E-state index is 13.5. The van der Waals surface area contributed by atoms with Gasteiger partial charge >= 0.3 is 11.9 Å². The number of nitrogen functional groups attached to an aromatic ring is 1. The zero-order chi connectivity index (χ0) is 37.0. The summed E-state index contributed by atoms with van der Waals surface area (Å²) in [6.07, 6.45) is 2.02. The number of ketones is 2. The maximum Gasteiger partial charge on any atom is 0.352 e. The lowest BCUT2D eigenvalue weighted by molar-refractivity contribution is -0.924. The van der Waals surface area contributed by atoms with Gasteiger partial charge < -0.3 is 35.5 Å². The first-order chi connectivity index (χ1) is 24.0. The molecule has 19 nitrogen and oxygen atoms in total. The number of allylic oxidation sites excluding steroid dienone is 1. The summed E-state index contributed by atoms with van der Waals surface area (Å²) in [6.45, 7) is 4.12. The number of rotatable bonds is 10. The predicted molar refractivity (Wildman–Crippen MR) is 177 cm³/mol. The van der Waals surface area contributed by atoms with Crippen LogP contribution in [-0.4, -0.2) is 155 Å². The predicted octanol–water partition coefficient (Wildman–Crippen LogP) is -1.40. The number of carbonyl (C=O) groups excluding carboxylic acids is 5. The Labute approximate surface area is 297 Å². The molecule has 4 saturated heterocycles. The molecule has 0 spiro atoms. The topological polar surface area (TPSA) is 262 Å². The number of fused-ring (bicyclic) bond motifs is 5. The molecule has 6 N–H and O–H groups in total. The number of nitrogens with one attached hydrogen (secondary N) is 1. The highest BCUT2D eigenvalue weighted by Gasteiger charge is 2.56. The van der Waals surface area contributed by atoms with Crippen LogP contribution < -0.4 is 11.1 Å². The number of carboxylic acids is 2. The van der Waals surface area contributed by atoms with Crippen LogP contribution in [0.4, 0.5) is 5.13 Å². The van der Waals surface area contributed by atoms with Crippen LogP contribution in [-0.2, 0) is 38.4 Å². The molecule has 272 valence electrons. The summed E-state index contributed by atoms with van der Waals surface area (Å²) < 4.78 is 0.461. The molecule has 0 aromatic carbocycles. The molecule has 3 amide bonds. The number of hydroxylamine groups is 2. The van der Waals surface area contributed by atoms with E-state index in [9.17, 15) is 49.0 Å². The smallest absolute Gasteiger partial charge is 0.352 e. The summed E-state index contributed by atoms with van der Waals surface area (Å²) in [7, 11) is 0. The van der Waals surface area contributed by atoms with Gasteiger partial charge in [0.05, 0.1) is 26.2 Å². The number of anilines is 1. The van der Waals surface area contributed by atoms with Crippen LogP contribution in [0.1, 0.15) is 32.4 Å². The minimum absolute atomic E-state index is 0.00678. The Morgan fingerprint density at radius 2 is 1.86 bits per heavy atom. The molecule has 7 heterocycles. The first-order valence-electron chi connectivity index (χ1n) is 15.8. The Kier molecular flexibility index (Phi) is 9.42. The van der Waals surface area contributed by atoms with Crippen LogP contribution in [0.25, 0.3) is 0 Å². The molecule has 2 bridgehead atoms. The lowest BCUT2D eigenvalue weighted by Gasteiger charge is -2.50. The van der Waals surface area contributed by atoms with Gasteiger partial charge in [-0.2, -0.15) is 0 Å². The highest BCUT2D eigenvalue weighted by molar-refractivity contribution is 8.00. The van der Waals surface area contributed by atoms with Gasteiger partial charge in [0.2, 0.25) is 17.2 Å². The van der Waals surface area contributed by atoms with Crippen LogP contribution >= 0.6 is 23.1 Å². The molecular formula is C30H35N8O11S2+. The molecule has 6 aliphatic heterocycles. The molecule has 21 heteroatoms. The number of nitrogens with zero attached hydrogens (tertiary/aromatic N) is 6. The molecule has 0 aliphatic carbocycles. The third-order valence-electron chi connectivity index (χ3n) is 9.65. The average Bonchev–Trinajstić information content (AvgIpc) is 3.32. The van der Waals surface area contributed by atoms with E-state index >= 15 is 0 Å². The van der Waals surface area contributed by atoms with Crippen molar-refractivity contribution in [3.63, 3.8) is 0 Å². The first kappa shape index (κ1) is 35.9. The van der Waals surface area contributed by atoms with Gasteiger partial charge in [0, 0.05) is 41.7 Å². The standard InChI is InChI=1S/C30H34N8O11S2/c1-30(2,28(46)47)49-34-20(16-13-51-29(31)32-16)23(41)33-21-25(43)37-22(27(44)45)14(12-50-26(21)37)11-38-6-3-15(4-7-38)35(5-8-38)24(42)17-9-18(39)19(40)10-36(17)48/h9,13,15,21,26,48H,3-8,10-12H2,1-2H3,(H4-,31,32,33,41,44,45,46,47)/p+1/b34-20-/t15?,21-,26-,38?/m1/s1. The fourth-order valence-corrected chi connectivity index (χ4v) is 8.64. The van der Waals surface area contributed by atoms with Crippen molar-refractivity contribution in [2.24, 2.45) is 5.16 Å². The fraction of sp³-hybridized carbons (Fsp3) is 0.500. The van der Waals surface area contributed by atoms with Crippen LogP contribution in [0.3, 0.4) is 0 Å². The molecule has 0 radical (unpaired) electrons. The van der Waals surface area contributed by atoms with E-state index in [-0.39, 0.29) is 40.6 Å². The van der Waals surface area contributed by atoms with Gasteiger partial charge in [-0.05, 0) is 13.8 Å². The van der Waals surface area contributed by atoms with E-state index in [1.807, 2.05) is 0 Å². The van der Waals surface area contributed by atoms with E-state index in [2.05, 4.69) is 15.5 Å². The third-order valence-corrected chi connectivity index (χ3v) is 11.7. The number of piperidine rings is 1. The minimum atomic E-state index is -1.80. The van der Waals surface area contributed by atoms with E-state index in [0.29, 0.717) is 54.1 Å². The molecule has 51 heavy (non-hydrogen) atoms. The first-order valence-corrected chi connectivity index (χ1v) is 17.8. The van der Waals surface area contributed by atoms with Gasteiger partial charge in [-0.25, -0.2) is 19.6 Å². The molecule has 7 rings (SSSR count). The van der Waals surface area contributed by atoms with Crippen molar-refractivity contribution in [2.75, 3.05) is 50.8 Å². The number of thiazole rings is 1. The van der Waals surface area contributed by atoms with Crippen molar-refractivity contribution < 1.29 is 58.3 Å². The number of thioether (sulfide) groups is 1. The number of carbonyl (C=O) groups is 7. The van der Waals surface area contributed by atoms with Gasteiger partial charge in [-0.1, -0.05) is 5.16 Å². The number of hydrogen-bond acceptors (Lipinski definition) is 15. The summed E-state index contributed by atoms with van der Waals surface area (Å²) in [4.78, 5) is 100.